The predicted molar refractivity (Wildman–Crippen MR) is 54.3 cm³/mol. The number of benzene rings is 1. The molecule has 1 aliphatic carbocycles. The van der Waals surface area contributed by atoms with Gasteiger partial charge in [-0.1, -0.05) is 23.7 Å². The number of nitrogens with two attached hydrogens (primary N) is 1. The third kappa shape index (κ3) is 1.31. The summed E-state index contributed by atoms with van der Waals surface area (Å²) >= 11 is 5.87. The zero-order valence-electron chi connectivity index (χ0n) is 7.18. The van der Waals surface area contributed by atoms with Gasteiger partial charge < -0.3 is 5.73 Å². The van der Waals surface area contributed by atoms with E-state index in [0.29, 0.717) is 5.02 Å². The average molecular weight is 195 g/mol. The number of hydrogen-bond donors (Lipinski definition) is 2. The van der Waals surface area contributed by atoms with Crippen molar-refractivity contribution in [1.29, 1.82) is 5.41 Å². The Hall–Kier alpha value is -1.02. The van der Waals surface area contributed by atoms with Gasteiger partial charge >= 0.3 is 0 Å². The van der Waals surface area contributed by atoms with E-state index in [0.717, 1.165) is 18.4 Å². The first kappa shape index (κ1) is 8.57. The van der Waals surface area contributed by atoms with Crippen LogP contribution >= 0.6 is 11.6 Å². The van der Waals surface area contributed by atoms with Gasteiger partial charge in [0.15, 0.2) is 0 Å². The predicted octanol–water partition coefficient (Wildman–Crippen LogP) is 2.31. The standard InChI is InChI=1S/C10H11ClN2/c11-8-3-1-2-7(6-8)10(4-5-10)9(12)13/h1-3,6H,4-5H2,(H3,12,13). The van der Waals surface area contributed by atoms with E-state index in [1.165, 1.54) is 0 Å². The summed E-state index contributed by atoms with van der Waals surface area (Å²) in [5.74, 6) is 0.259. The van der Waals surface area contributed by atoms with Crippen molar-refractivity contribution in [2.24, 2.45) is 5.73 Å². The summed E-state index contributed by atoms with van der Waals surface area (Å²) in [5.41, 5.74) is 6.44. The van der Waals surface area contributed by atoms with Crippen molar-refractivity contribution in [3.8, 4) is 0 Å². The van der Waals surface area contributed by atoms with Crippen LogP contribution in [0.1, 0.15) is 18.4 Å². The maximum absolute atomic E-state index is 7.50. The Kier molecular flexibility index (Phi) is 1.81. The van der Waals surface area contributed by atoms with Gasteiger partial charge in [-0.15, -0.1) is 0 Å². The molecule has 0 atom stereocenters. The molecule has 68 valence electrons. The molecule has 1 saturated carbocycles. The molecule has 0 heterocycles. The Morgan fingerprint density at radius 3 is 2.62 bits per heavy atom. The molecule has 0 radical (unpaired) electrons. The second-order valence-corrected chi connectivity index (χ2v) is 3.94. The summed E-state index contributed by atoms with van der Waals surface area (Å²) in [6, 6.07) is 7.62. The van der Waals surface area contributed by atoms with E-state index in [4.69, 9.17) is 22.7 Å². The molecule has 3 heteroatoms. The largest absolute Gasteiger partial charge is 0.387 e. The lowest BCUT2D eigenvalue weighted by Crippen LogP contribution is -2.27. The van der Waals surface area contributed by atoms with Gasteiger partial charge in [0.1, 0.15) is 5.84 Å². The molecule has 0 aromatic heterocycles. The van der Waals surface area contributed by atoms with Crippen LogP contribution in [0.4, 0.5) is 0 Å². The number of nitrogens with one attached hydrogen (secondary N) is 1. The summed E-state index contributed by atoms with van der Waals surface area (Å²) in [5, 5.41) is 8.22. The highest BCUT2D eigenvalue weighted by Gasteiger charge is 2.47. The fourth-order valence-corrected chi connectivity index (χ4v) is 1.81. The Bertz CT molecular complexity index is 356. The van der Waals surface area contributed by atoms with Crippen molar-refractivity contribution in [3.05, 3.63) is 34.9 Å². The van der Waals surface area contributed by atoms with E-state index in [1.807, 2.05) is 24.3 Å². The number of halogens is 1. The fourth-order valence-electron chi connectivity index (χ4n) is 1.62. The van der Waals surface area contributed by atoms with E-state index in [9.17, 15) is 0 Å². The van der Waals surface area contributed by atoms with Gasteiger partial charge in [0.2, 0.25) is 0 Å². The lowest BCUT2D eigenvalue weighted by molar-refractivity contribution is 0.923. The molecular formula is C10H11ClN2. The number of rotatable bonds is 2. The molecule has 1 aromatic rings. The van der Waals surface area contributed by atoms with Crippen LogP contribution in [0.3, 0.4) is 0 Å². The Morgan fingerprint density at radius 1 is 1.46 bits per heavy atom. The summed E-state index contributed by atoms with van der Waals surface area (Å²) in [6.45, 7) is 0. The first-order chi connectivity index (χ1) is 6.15. The zero-order chi connectivity index (χ0) is 9.47. The molecule has 2 nitrogen and oxygen atoms in total. The van der Waals surface area contributed by atoms with E-state index in [2.05, 4.69) is 0 Å². The highest BCUT2D eigenvalue weighted by atomic mass is 35.5. The number of hydrogen-bond acceptors (Lipinski definition) is 1. The first-order valence-electron chi connectivity index (χ1n) is 4.26. The maximum Gasteiger partial charge on any atom is 0.101 e. The van der Waals surface area contributed by atoms with Crippen molar-refractivity contribution in [1.82, 2.24) is 0 Å². The van der Waals surface area contributed by atoms with Crippen LogP contribution in [0.15, 0.2) is 24.3 Å². The Balaban J connectivity index is 2.41. The minimum Gasteiger partial charge on any atom is -0.387 e. The molecule has 0 bridgehead atoms. The third-order valence-electron chi connectivity index (χ3n) is 2.64. The molecule has 0 saturated heterocycles. The summed E-state index contributed by atoms with van der Waals surface area (Å²) in [7, 11) is 0. The monoisotopic (exact) mass is 194 g/mol. The molecule has 2 rings (SSSR count). The molecule has 0 unspecified atom stereocenters. The van der Waals surface area contributed by atoms with Crippen LogP contribution in [0.25, 0.3) is 0 Å². The molecule has 0 spiro atoms. The lowest BCUT2D eigenvalue weighted by Gasteiger charge is -2.13. The normalized spacial score (nSPS) is 18.2. The molecule has 1 aromatic carbocycles. The molecule has 3 N–H and O–H groups in total. The molecule has 0 aliphatic heterocycles. The second-order valence-electron chi connectivity index (χ2n) is 3.51. The molecule has 13 heavy (non-hydrogen) atoms. The van der Waals surface area contributed by atoms with Crippen molar-refractivity contribution in [2.75, 3.05) is 0 Å². The summed E-state index contributed by atoms with van der Waals surface area (Å²) < 4.78 is 0. The molecular weight excluding hydrogens is 184 g/mol. The maximum atomic E-state index is 7.50. The third-order valence-corrected chi connectivity index (χ3v) is 2.88. The van der Waals surface area contributed by atoms with Gasteiger partial charge in [-0.2, -0.15) is 0 Å². The first-order valence-corrected chi connectivity index (χ1v) is 4.63. The minimum absolute atomic E-state index is 0.190. The van der Waals surface area contributed by atoms with Crippen LogP contribution in [0.5, 0.6) is 0 Å². The van der Waals surface area contributed by atoms with Gasteiger partial charge in [-0.25, -0.2) is 0 Å². The van der Waals surface area contributed by atoms with Gasteiger partial charge in [-0.3, -0.25) is 5.41 Å². The average Bonchev–Trinajstić information content (AvgIpc) is 2.83. The van der Waals surface area contributed by atoms with Crippen LogP contribution < -0.4 is 5.73 Å². The smallest absolute Gasteiger partial charge is 0.101 e. The highest BCUT2D eigenvalue weighted by molar-refractivity contribution is 6.30. The highest BCUT2D eigenvalue weighted by Crippen LogP contribution is 2.48. The Morgan fingerprint density at radius 2 is 2.15 bits per heavy atom. The van der Waals surface area contributed by atoms with Crippen molar-refractivity contribution in [3.63, 3.8) is 0 Å². The quantitative estimate of drug-likeness (QED) is 0.551. The second kappa shape index (κ2) is 2.74. The molecule has 1 fully saturated rings. The minimum atomic E-state index is -0.190. The Labute approximate surface area is 82.2 Å². The topological polar surface area (TPSA) is 49.9 Å². The lowest BCUT2D eigenvalue weighted by atomic mass is 9.95. The molecule has 0 amide bonds. The number of amidine groups is 1. The SMILES string of the molecule is N=C(N)C1(c2cccc(Cl)c2)CC1. The van der Waals surface area contributed by atoms with E-state index in [-0.39, 0.29) is 11.3 Å². The van der Waals surface area contributed by atoms with E-state index >= 15 is 0 Å². The van der Waals surface area contributed by atoms with Crippen LogP contribution in [0, 0.1) is 5.41 Å². The van der Waals surface area contributed by atoms with Gasteiger partial charge in [0, 0.05) is 5.02 Å². The zero-order valence-corrected chi connectivity index (χ0v) is 7.93. The van der Waals surface area contributed by atoms with Crippen molar-refractivity contribution in [2.45, 2.75) is 18.3 Å². The summed E-state index contributed by atoms with van der Waals surface area (Å²) in [6.07, 6.45) is 1.95. The van der Waals surface area contributed by atoms with Gasteiger partial charge in [-0.05, 0) is 30.5 Å². The van der Waals surface area contributed by atoms with Gasteiger partial charge in [0.05, 0.1) is 5.41 Å². The van der Waals surface area contributed by atoms with Crippen molar-refractivity contribution < 1.29 is 0 Å². The molecule has 1 aliphatic rings. The van der Waals surface area contributed by atoms with Crippen LogP contribution in [0.2, 0.25) is 5.02 Å². The van der Waals surface area contributed by atoms with E-state index < -0.39 is 0 Å². The van der Waals surface area contributed by atoms with Crippen LogP contribution in [-0.2, 0) is 5.41 Å². The van der Waals surface area contributed by atoms with E-state index in [1.54, 1.807) is 0 Å². The van der Waals surface area contributed by atoms with Crippen molar-refractivity contribution >= 4 is 17.4 Å². The van der Waals surface area contributed by atoms with Gasteiger partial charge in [0.25, 0.3) is 0 Å². The summed E-state index contributed by atoms with van der Waals surface area (Å²) in [4.78, 5) is 0. The van der Waals surface area contributed by atoms with Crippen LogP contribution in [-0.4, -0.2) is 5.84 Å². The fraction of sp³-hybridized carbons (Fsp3) is 0.300.